The van der Waals surface area contributed by atoms with E-state index in [9.17, 15) is 4.79 Å². The van der Waals surface area contributed by atoms with Gasteiger partial charge in [-0.25, -0.2) is 0 Å². The molecule has 0 bridgehead atoms. The number of anilines is 2. The second-order valence-corrected chi connectivity index (χ2v) is 6.43. The van der Waals surface area contributed by atoms with Crippen LogP contribution in [0.5, 0.6) is 0 Å². The van der Waals surface area contributed by atoms with E-state index in [-0.39, 0.29) is 11.8 Å². The fourth-order valence-corrected chi connectivity index (χ4v) is 3.60. The number of benzene rings is 2. The smallest absolute Gasteiger partial charge is 0.231 e. The van der Waals surface area contributed by atoms with E-state index in [0.717, 1.165) is 20.9 Å². The fraction of sp³-hybridized carbons (Fsp3) is 0.188. The van der Waals surface area contributed by atoms with Gasteiger partial charge in [0.1, 0.15) is 0 Å². The van der Waals surface area contributed by atoms with Gasteiger partial charge >= 0.3 is 0 Å². The number of carbonyl (C=O) groups is 1. The second kappa shape index (κ2) is 7.09. The van der Waals surface area contributed by atoms with Gasteiger partial charge in [-0.1, -0.05) is 37.3 Å². The van der Waals surface area contributed by atoms with E-state index in [4.69, 9.17) is 5.73 Å². The van der Waals surface area contributed by atoms with E-state index < -0.39 is 0 Å². The molecule has 2 aromatic rings. The van der Waals surface area contributed by atoms with Crippen LogP contribution in [0, 0.1) is 0 Å². The number of halogens is 2. The molecule has 3 nitrogen and oxygen atoms in total. The molecule has 3 N–H and O–H groups in total. The lowest BCUT2D eigenvalue weighted by atomic mass is 9.95. The normalized spacial score (nSPS) is 12.0. The SMILES string of the molecule is CCC(C(=O)Nc1c(Br)cc(N)cc1Br)c1ccccc1. The number of nitrogens with two attached hydrogens (primary N) is 1. The molecule has 0 aromatic heterocycles. The van der Waals surface area contributed by atoms with Crippen LogP contribution in [0.15, 0.2) is 51.4 Å². The first kappa shape index (κ1) is 16.0. The highest BCUT2D eigenvalue weighted by Crippen LogP contribution is 2.34. The molecule has 5 heteroatoms. The van der Waals surface area contributed by atoms with E-state index in [1.165, 1.54) is 0 Å². The van der Waals surface area contributed by atoms with Crippen LogP contribution < -0.4 is 11.1 Å². The summed E-state index contributed by atoms with van der Waals surface area (Å²) in [7, 11) is 0. The Balaban J connectivity index is 2.25. The third kappa shape index (κ3) is 3.86. The number of amides is 1. The van der Waals surface area contributed by atoms with Crippen molar-refractivity contribution in [2.24, 2.45) is 0 Å². The van der Waals surface area contributed by atoms with Gasteiger partial charge in [0, 0.05) is 14.6 Å². The summed E-state index contributed by atoms with van der Waals surface area (Å²) in [6.07, 6.45) is 0.736. The molecule has 0 aliphatic carbocycles. The number of nitrogens with one attached hydrogen (secondary N) is 1. The van der Waals surface area contributed by atoms with Crippen LogP contribution in [0.1, 0.15) is 24.8 Å². The molecule has 0 saturated heterocycles. The second-order valence-electron chi connectivity index (χ2n) is 4.72. The van der Waals surface area contributed by atoms with Crippen molar-refractivity contribution in [2.75, 3.05) is 11.1 Å². The van der Waals surface area contributed by atoms with Gasteiger partial charge in [-0.05, 0) is 56.0 Å². The largest absolute Gasteiger partial charge is 0.399 e. The highest BCUT2D eigenvalue weighted by Gasteiger charge is 2.20. The average molecular weight is 412 g/mol. The molecule has 0 saturated carbocycles. The summed E-state index contributed by atoms with van der Waals surface area (Å²) in [6.45, 7) is 2.00. The number of nitrogen functional groups attached to an aromatic ring is 1. The number of carbonyl (C=O) groups excluding carboxylic acids is 1. The van der Waals surface area contributed by atoms with Crippen LogP contribution in [-0.4, -0.2) is 5.91 Å². The Hall–Kier alpha value is -1.33. The molecule has 1 unspecified atom stereocenters. The van der Waals surface area contributed by atoms with E-state index in [1.807, 2.05) is 37.3 Å². The lowest BCUT2D eigenvalue weighted by molar-refractivity contribution is -0.117. The molecule has 21 heavy (non-hydrogen) atoms. The molecule has 0 spiro atoms. The third-order valence-electron chi connectivity index (χ3n) is 3.24. The summed E-state index contributed by atoms with van der Waals surface area (Å²) in [5, 5.41) is 2.97. The lowest BCUT2D eigenvalue weighted by Crippen LogP contribution is -2.21. The van der Waals surface area contributed by atoms with Gasteiger partial charge in [-0.2, -0.15) is 0 Å². The summed E-state index contributed by atoms with van der Waals surface area (Å²) >= 11 is 6.86. The molecular formula is C16H16Br2N2O. The van der Waals surface area contributed by atoms with Gasteiger partial charge in [-0.15, -0.1) is 0 Å². The predicted molar refractivity (Wildman–Crippen MR) is 94.4 cm³/mol. The standard InChI is InChI=1S/C16H16Br2N2O/c1-2-12(10-6-4-3-5-7-10)16(21)20-15-13(17)8-11(19)9-14(15)18/h3-9,12H,2,19H2,1H3,(H,20,21). The molecule has 1 atom stereocenters. The summed E-state index contributed by atoms with van der Waals surface area (Å²) in [6, 6.07) is 13.3. The van der Waals surface area contributed by atoms with Gasteiger partial charge in [0.05, 0.1) is 11.6 Å². The number of hydrogen-bond donors (Lipinski definition) is 2. The molecule has 0 aliphatic heterocycles. The molecule has 0 aliphatic rings. The first-order valence-corrected chi connectivity index (χ1v) is 8.21. The van der Waals surface area contributed by atoms with Crippen molar-refractivity contribution in [3.05, 3.63) is 57.0 Å². The van der Waals surface area contributed by atoms with Gasteiger partial charge in [-0.3, -0.25) is 4.79 Å². The maximum atomic E-state index is 12.5. The maximum Gasteiger partial charge on any atom is 0.231 e. The first-order valence-electron chi connectivity index (χ1n) is 6.63. The summed E-state index contributed by atoms with van der Waals surface area (Å²) in [5.41, 5.74) is 8.10. The fourth-order valence-electron chi connectivity index (χ4n) is 2.18. The van der Waals surface area contributed by atoms with Crippen LogP contribution in [0.2, 0.25) is 0 Å². The lowest BCUT2D eigenvalue weighted by Gasteiger charge is -2.17. The van der Waals surface area contributed by atoms with E-state index >= 15 is 0 Å². The van der Waals surface area contributed by atoms with Crippen LogP contribution in [0.4, 0.5) is 11.4 Å². The van der Waals surface area contributed by atoms with Crippen LogP contribution in [0.3, 0.4) is 0 Å². The average Bonchev–Trinajstić information content (AvgIpc) is 2.45. The molecule has 2 aromatic carbocycles. The van der Waals surface area contributed by atoms with Gasteiger partial charge in [0.15, 0.2) is 0 Å². The predicted octanol–water partition coefficient (Wildman–Crippen LogP) is 4.93. The van der Waals surface area contributed by atoms with Gasteiger partial charge in [0.2, 0.25) is 5.91 Å². The van der Waals surface area contributed by atoms with E-state index in [2.05, 4.69) is 37.2 Å². The van der Waals surface area contributed by atoms with Crippen LogP contribution >= 0.6 is 31.9 Å². The summed E-state index contributed by atoms with van der Waals surface area (Å²) < 4.78 is 1.51. The summed E-state index contributed by atoms with van der Waals surface area (Å²) in [4.78, 5) is 12.5. The minimum atomic E-state index is -0.178. The van der Waals surface area contributed by atoms with Gasteiger partial charge < -0.3 is 11.1 Å². The highest BCUT2D eigenvalue weighted by molar-refractivity contribution is 9.11. The minimum Gasteiger partial charge on any atom is -0.399 e. The Kier molecular flexibility index (Phi) is 5.42. The molecule has 2 rings (SSSR count). The van der Waals surface area contributed by atoms with Crippen molar-refractivity contribution in [1.82, 2.24) is 0 Å². The highest BCUT2D eigenvalue weighted by atomic mass is 79.9. The number of hydrogen-bond acceptors (Lipinski definition) is 2. The summed E-state index contributed by atoms with van der Waals surface area (Å²) in [5.74, 6) is -0.211. The third-order valence-corrected chi connectivity index (χ3v) is 4.49. The van der Waals surface area contributed by atoms with E-state index in [0.29, 0.717) is 11.4 Å². The van der Waals surface area contributed by atoms with Crippen LogP contribution in [-0.2, 0) is 4.79 Å². The van der Waals surface area contributed by atoms with Crippen molar-refractivity contribution in [2.45, 2.75) is 19.3 Å². The Labute approximate surface area is 141 Å². The Morgan fingerprint density at radius 1 is 1.19 bits per heavy atom. The molecule has 110 valence electrons. The van der Waals surface area contributed by atoms with Crippen molar-refractivity contribution in [1.29, 1.82) is 0 Å². The van der Waals surface area contributed by atoms with Gasteiger partial charge in [0.25, 0.3) is 0 Å². The quantitative estimate of drug-likeness (QED) is 0.701. The zero-order chi connectivity index (χ0) is 15.4. The van der Waals surface area contributed by atoms with Crippen LogP contribution in [0.25, 0.3) is 0 Å². The van der Waals surface area contributed by atoms with Crippen molar-refractivity contribution < 1.29 is 4.79 Å². The van der Waals surface area contributed by atoms with Crippen molar-refractivity contribution in [3.63, 3.8) is 0 Å². The maximum absolute atomic E-state index is 12.5. The molecule has 1 amide bonds. The minimum absolute atomic E-state index is 0.0325. The molecule has 0 radical (unpaired) electrons. The zero-order valence-corrected chi connectivity index (χ0v) is 14.7. The molecule has 0 fully saturated rings. The van der Waals surface area contributed by atoms with E-state index in [1.54, 1.807) is 12.1 Å². The number of rotatable bonds is 4. The molecular weight excluding hydrogens is 396 g/mol. The first-order chi connectivity index (χ1) is 10.0. The van der Waals surface area contributed by atoms with Crippen molar-refractivity contribution >= 4 is 49.1 Å². The Morgan fingerprint density at radius 3 is 2.29 bits per heavy atom. The Morgan fingerprint density at radius 2 is 1.76 bits per heavy atom. The Bertz CT molecular complexity index is 621. The van der Waals surface area contributed by atoms with Crippen molar-refractivity contribution in [3.8, 4) is 0 Å². The molecule has 0 heterocycles. The topological polar surface area (TPSA) is 55.1 Å². The zero-order valence-electron chi connectivity index (χ0n) is 11.6. The monoisotopic (exact) mass is 410 g/mol.